The van der Waals surface area contributed by atoms with Crippen molar-refractivity contribution in [3.63, 3.8) is 0 Å². The molecule has 1 atom stereocenters. The van der Waals surface area contributed by atoms with Crippen molar-refractivity contribution in [2.75, 3.05) is 26.3 Å². The summed E-state index contributed by atoms with van der Waals surface area (Å²) in [5.41, 5.74) is 0. The maximum absolute atomic E-state index is 11.4. The molecule has 1 unspecified atom stereocenters. The Morgan fingerprint density at radius 1 is 1.56 bits per heavy atom. The van der Waals surface area contributed by atoms with Crippen LogP contribution in [0.4, 0.5) is 0 Å². The SMILES string of the molecule is CC(CCO)NC(=O)COC1CCNCC1. The van der Waals surface area contributed by atoms with Gasteiger partial charge in [-0.1, -0.05) is 0 Å². The van der Waals surface area contributed by atoms with Gasteiger partial charge in [-0.05, 0) is 39.3 Å². The van der Waals surface area contributed by atoms with Crippen LogP contribution in [0.1, 0.15) is 26.2 Å². The Kier molecular flexibility index (Phi) is 6.37. The molecule has 0 spiro atoms. The van der Waals surface area contributed by atoms with Crippen LogP contribution in [-0.4, -0.2) is 49.5 Å². The van der Waals surface area contributed by atoms with Gasteiger partial charge in [0.1, 0.15) is 6.61 Å². The molecule has 1 aliphatic heterocycles. The van der Waals surface area contributed by atoms with Crippen molar-refractivity contribution in [3.05, 3.63) is 0 Å². The summed E-state index contributed by atoms with van der Waals surface area (Å²) in [6.45, 7) is 4.02. The van der Waals surface area contributed by atoms with Crippen LogP contribution < -0.4 is 10.6 Å². The number of aliphatic hydroxyl groups excluding tert-OH is 1. The van der Waals surface area contributed by atoms with Crippen LogP contribution >= 0.6 is 0 Å². The van der Waals surface area contributed by atoms with Crippen molar-refractivity contribution >= 4 is 5.91 Å². The minimum Gasteiger partial charge on any atom is -0.396 e. The predicted molar refractivity (Wildman–Crippen MR) is 61.2 cm³/mol. The number of hydrogen-bond acceptors (Lipinski definition) is 4. The Morgan fingerprint density at radius 2 is 2.25 bits per heavy atom. The fraction of sp³-hybridized carbons (Fsp3) is 0.909. The molecule has 1 aliphatic rings. The number of nitrogens with one attached hydrogen (secondary N) is 2. The van der Waals surface area contributed by atoms with E-state index in [1.807, 2.05) is 6.92 Å². The quantitative estimate of drug-likeness (QED) is 0.583. The second kappa shape index (κ2) is 7.60. The zero-order valence-corrected chi connectivity index (χ0v) is 9.87. The zero-order chi connectivity index (χ0) is 11.8. The molecule has 5 heteroatoms. The van der Waals surface area contributed by atoms with Gasteiger partial charge in [-0.3, -0.25) is 4.79 Å². The number of hydrogen-bond donors (Lipinski definition) is 3. The Balaban J connectivity index is 2.09. The average Bonchev–Trinajstić information content (AvgIpc) is 2.28. The summed E-state index contributed by atoms with van der Waals surface area (Å²) in [6, 6.07) is 0.00845. The van der Waals surface area contributed by atoms with Crippen molar-refractivity contribution in [1.29, 1.82) is 0 Å². The molecular weight excluding hydrogens is 208 g/mol. The number of amides is 1. The standard InChI is InChI=1S/C11H22N2O3/c1-9(4-7-14)13-11(15)8-16-10-2-5-12-6-3-10/h9-10,12,14H,2-8H2,1H3,(H,13,15). The number of rotatable bonds is 6. The topological polar surface area (TPSA) is 70.6 Å². The summed E-state index contributed by atoms with van der Waals surface area (Å²) in [7, 11) is 0. The first-order valence-electron chi connectivity index (χ1n) is 5.95. The van der Waals surface area contributed by atoms with E-state index < -0.39 is 0 Å². The summed E-state index contributed by atoms with van der Waals surface area (Å²) in [5.74, 6) is -0.0977. The lowest BCUT2D eigenvalue weighted by Gasteiger charge is -2.23. The minimum absolute atomic E-state index is 0.00845. The van der Waals surface area contributed by atoms with Crippen molar-refractivity contribution in [3.8, 4) is 0 Å². The first-order valence-corrected chi connectivity index (χ1v) is 5.95. The molecule has 1 heterocycles. The lowest BCUT2D eigenvalue weighted by Crippen LogP contribution is -2.38. The lowest BCUT2D eigenvalue weighted by atomic mass is 10.1. The molecule has 5 nitrogen and oxygen atoms in total. The van der Waals surface area contributed by atoms with E-state index in [9.17, 15) is 4.79 Å². The second-order valence-corrected chi connectivity index (χ2v) is 4.24. The maximum atomic E-state index is 11.4. The third-order valence-corrected chi connectivity index (χ3v) is 2.71. The normalized spacial score (nSPS) is 19.4. The molecule has 16 heavy (non-hydrogen) atoms. The molecule has 1 rings (SSSR count). The van der Waals surface area contributed by atoms with Gasteiger partial charge in [0.25, 0.3) is 0 Å². The zero-order valence-electron chi connectivity index (χ0n) is 9.87. The molecule has 0 radical (unpaired) electrons. The minimum atomic E-state index is -0.0977. The van der Waals surface area contributed by atoms with E-state index in [-0.39, 0.29) is 31.3 Å². The van der Waals surface area contributed by atoms with Crippen molar-refractivity contribution < 1.29 is 14.6 Å². The van der Waals surface area contributed by atoms with Gasteiger partial charge in [0.05, 0.1) is 6.10 Å². The summed E-state index contributed by atoms with van der Waals surface area (Å²) >= 11 is 0. The van der Waals surface area contributed by atoms with E-state index in [1.165, 1.54) is 0 Å². The Morgan fingerprint density at radius 3 is 2.88 bits per heavy atom. The van der Waals surface area contributed by atoms with E-state index >= 15 is 0 Å². The van der Waals surface area contributed by atoms with E-state index in [0.717, 1.165) is 25.9 Å². The molecule has 1 amide bonds. The van der Waals surface area contributed by atoms with Gasteiger partial charge in [0.15, 0.2) is 0 Å². The average molecular weight is 230 g/mol. The van der Waals surface area contributed by atoms with Crippen LogP contribution in [-0.2, 0) is 9.53 Å². The fourth-order valence-corrected chi connectivity index (χ4v) is 1.74. The summed E-state index contributed by atoms with van der Waals surface area (Å²) in [4.78, 5) is 11.4. The van der Waals surface area contributed by atoms with Gasteiger partial charge in [0, 0.05) is 12.6 Å². The molecular formula is C11H22N2O3. The van der Waals surface area contributed by atoms with Crippen LogP contribution in [0.5, 0.6) is 0 Å². The molecule has 0 saturated carbocycles. The van der Waals surface area contributed by atoms with Gasteiger partial charge < -0.3 is 20.5 Å². The molecule has 0 aromatic rings. The predicted octanol–water partition coefficient (Wildman–Crippen LogP) is -0.358. The van der Waals surface area contributed by atoms with Crippen LogP contribution in [0.15, 0.2) is 0 Å². The third kappa shape index (κ3) is 5.44. The maximum Gasteiger partial charge on any atom is 0.246 e. The van der Waals surface area contributed by atoms with Crippen molar-refractivity contribution in [2.24, 2.45) is 0 Å². The van der Waals surface area contributed by atoms with Gasteiger partial charge in [0.2, 0.25) is 5.91 Å². The van der Waals surface area contributed by atoms with Crippen LogP contribution in [0, 0.1) is 0 Å². The Hall–Kier alpha value is -0.650. The van der Waals surface area contributed by atoms with Crippen molar-refractivity contribution in [2.45, 2.75) is 38.3 Å². The molecule has 94 valence electrons. The number of piperidine rings is 1. The first-order chi connectivity index (χ1) is 7.72. The monoisotopic (exact) mass is 230 g/mol. The second-order valence-electron chi connectivity index (χ2n) is 4.24. The highest BCUT2D eigenvalue weighted by molar-refractivity contribution is 5.77. The molecule has 0 bridgehead atoms. The molecule has 0 aromatic carbocycles. The van der Waals surface area contributed by atoms with Gasteiger partial charge in [-0.25, -0.2) is 0 Å². The van der Waals surface area contributed by atoms with Gasteiger partial charge in [-0.15, -0.1) is 0 Å². The highest BCUT2D eigenvalue weighted by Crippen LogP contribution is 2.06. The summed E-state index contributed by atoms with van der Waals surface area (Å²) in [6.07, 6.45) is 2.73. The molecule has 0 aromatic heterocycles. The Labute approximate surface area is 96.6 Å². The highest BCUT2D eigenvalue weighted by atomic mass is 16.5. The van der Waals surface area contributed by atoms with Crippen LogP contribution in [0.25, 0.3) is 0 Å². The highest BCUT2D eigenvalue weighted by Gasteiger charge is 2.15. The van der Waals surface area contributed by atoms with E-state index in [0.29, 0.717) is 6.42 Å². The Bertz CT molecular complexity index is 205. The van der Waals surface area contributed by atoms with Crippen LogP contribution in [0.3, 0.4) is 0 Å². The third-order valence-electron chi connectivity index (χ3n) is 2.71. The molecule has 1 saturated heterocycles. The number of ether oxygens (including phenoxy) is 1. The van der Waals surface area contributed by atoms with Crippen LogP contribution in [0.2, 0.25) is 0 Å². The van der Waals surface area contributed by atoms with Gasteiger partial charge >= 0.3 is 0 Å². The number of carbonyl (C=O) groups is 1. The summed E-state index contributed by atoms with van der Waals surface area (Å²) in [5, 5.41) is 14.7. The fourth-order valence-electron chi connectivity index (χ4n) is 1.74. The number of aliphatic hydroxyl groups is 1. The van der Waals surface area contributed by atoms with E-state index in [1.54, 1.807) is 0 Å². The van der Waals surface area contributed by atoms with E-state index in [4.69, 9.17) is 9.84 Å². The molecule has 3 N–H and O–H groups in total. The number of carbonyl (C=O) groups excluding carboxylic acids is 1. The van der Waals surface area contributed by atoms with E-state index in [2.05, 4.69) is 10.6 Å². The molecule has 1 fully saturated rings. The smallest absolute Gasteiger partial charge is 0.246 e. The molecule has 0 aliphatic carbocycles. The first kappa shape index (κ1) is 13.4. The lowest BCUT2D eigenvalue weighted by molar-refractivity contribution is -0.128. The van der Waals surface area contributed by atoms with Crippen molar-refractivity contribution in [1.82, 2.24) is 10.6 Å². The summed E-state index contributed by atoms with van der Waals surface area (Å²) < 4.78 is 5.51. The largest absolute Gasteiger partial charge is 0.396 e. The van der Waals surface area contributed by atoms with Gasteiger partial charge in [-0.2, -0.15) is 0 Å².